The van der Waals surface area contributed by atoms with Gasteiger partial charge < -0.3 is 0 Å². The number of allylic oxidation sites excluding steroid dienone is 1. The Morgan fingerprint density at radius 2 is 1.31 bits per heavy atom. The number of halogens is 1. The van der Waals surface area contributed by atoms with E-state index >= 15 is 0 Å². The number of Topliss-reactive ketones (excluding diaryl/α,β-unsaturated/α-hetero) is 1. The maximum Gasteiger partial charge on any atom is 0.264 e. The molecule has 0 saturated heterocycles. The van der Waals surface area contributed by atoms with Gasteiger partial charge in [0.25, 0.3) is 10.0 Å². The summed E-state index contributed by atoms with van der Waals surface area (Å²) < 4.78 is 29.3. The van der Waals surface area contributed by atoms with Crippen molar-refractivity contribution in [1.29, 1.82) is 0 Å². The summed E-state index contributed by atoms with van der Waals surface area (Å²) in [5.41, 5.74) is 2.84. The van der Waals surface area contributed by atoms with E-state index < -0.39 is 15.9 Å². The SMILES string of the molecule is O=C(c1ccccc1)C1CN(S(=O)(=O)c2ccc(Cl)cc2)C(c2ccccc2)=CC1c1ccccc1. The van der Waals surface area contributed by atoms with E-state index in [9.17, 15) is 13.2 Å². The molecule has 2 atom stereocenters. The molecule has 0 saturated carbocycles. The maximum atomic E-state index is 14.0. The van der Waals surface area contributed by atoms with Gasteiger partial charge in [-0.05, 0) is 35.4 Å². The Labute approximate surface area is 216 Å². The summed E-state index contributed by atoms with van der Waals surface area (Å²) in [6, 6.07) is 34.4. The lowest BCUT2D eigenvalue weighted by Crippen LogP contribution is -2.42. The number of carbonyl (C=O) groups is 1. The van der Waals surface area contributed by atoms with Crippen LogP contribution in [0.5, 0.6) is 0 Å². The van der Waals surface area contributed by atoms with E-state index in [1.165, 1.54) is 16.4 Å². The van der Waals surface area contributed by atoms with Crippen molar-refractivity contribution in [2.75, 3.05) is 6.54 Å². The topological polar surface area (TPSA) is 54.5 Å². The van der Waals surface area contributed by atoms with E-state index in [0.29, 0.717) is 16.3 Å². The molecule has 0 bridgehead atoms. The number of rotatable bonds is 6. The van der Waals surface area contributed by atoms with Gasteiger partial charge in [0, 0.05) is 23.0 Å². The minimum absolute atomic E-state index is 0.0129. The molecule has 6 heteroatoms. The molecule has 1 aliphatic heterocycles. The summed E-state index contributed by atoms with van der Waals surface area (Å²) in [4.78, 5) is 13.9. The Balaban J connectivity index is 1.69. The molecule has 0 aliphatic carbocycles. The number of hydrogen-bond donors (Lipinski definition) is 0. The Morgan fingerprint density at radius 3 is 1.92 bits per heavy atom. The van der Waals surface area contributed by atoms with E-state index in [2.05, 4.69) is 0 Å². The third-order valence-electron chi connectivity index (χ3n) is 6.45. The van der Waals surface area contributed by atoms with Gasteiger partial charge in [-0.1, -0.05) is 109 Å². The molecule has 5 rings (SSSR count). The molecule has 0 fully saturated rings. The molecule has 1 aliphatic rings. The monoisotopic (exact) mass is 513 g/mol. The van der Waals surface area contributed by atoms with Crippen LogP contribution in [-0.2, 0) is 10.0 Å². The molecule has 36 heavy (non-hydrogen) atoms. The summed E-state index contributed by atoms with van der Waals surface area (Å²) in [6.45, 7) is 0.0129. The number of sulfonamides is 1. The highest BCUT2D eigenvalue weighted by Crippen LogP contribution is 2.41. The molecular weight excluding hydrogens is 490 g/mol. The first-order valence-electron chi connectivity index (χ1n) is 11.6. The Bertz CT molecular complexity index is 1490. The largest absolute Gasteiger partial charge is 0.294 e. The van der Waals surface area contributed by atoms with Crippen LogP contribution in [-0.4, -0.2) is 25.1 Å². The van der Waals surface area contributed by atoms with Gasteiger partial charge >= 0.3 is 0 Å². The minimum atomic E-state index is -3.98. The van der Waals surface area contributed by atoms with Crippen LogP contribution in [0.4, 0.5) is 0 Å². The third-order valence-corrected chi connectivity index (χ3v) is 8.50. The molecule has 4 nitrogen and oxygen atoms in total. The third kappa shape index (κ3) is 4.72. The van der Waals surface area contributed by atoms with Gasteiger partial charge in [0.05, 0.1) is 16.5 Å². The number of carbonyl (C=O) groups excluding carboxylic acids is 1. The van der Waals surface area contributed by atoms with Gasteiger partial charge in [0.15, 0.2) is 5.78 Å². The molecule has 2 unspecified atom stereocenters. The highest BCUT2D eigenvalue weighted by atomic mass is 35.5. The van der Waals surface area contributed by atoms with Crippen LogP contribution < -0.4 is 0 Å². The van der Waals surface area contributed by atoms with Gasteiger partial charge in [-0.2, -0.15) is 0 Å². The van der Waals surface area contributed by atoms with E-state index in [4.69, 9.17) is 11.6 Å². The summed E-state index contributed by atoms with van der Waals surface area (Å²) in [5, 5.41) is 0.452. The molecule has 0 aromatic heterocycles. The van der Waals surface area contributed by atoms with Crippen molar-refractivity contribution in [3.8, 4) is 0 Å². The molecule has 0 spiro atoms. The fourth-order valence-corrected chi connectivity index (χ4v) is 6.28. The summed E-state index contributed by atoms with van der Waals surface area (Å²) in [5.74, 6) is -1.00. The lowest BCUT2D eigenvalue weighted by atomic mass is 9.78. The predicted octanol–water partition coefficient (Wildman–Crippen LogP) is 6.67. The van der Waals surface area contributed by atoms with Crippen molar-refractivity contribution in [3.63, 3.8) is 0 Å². The number of hydrogen-bond acceptors (Lipinski definition) is 3. The molecular formula is C30H24ClNO3S. The van der Waals surface area contributed by atoms with Crippen LogP contribution >= 0.6 is 11.6 Å². The zero-order valence-electron chi connectivity index (χ0n) is 19.4. The highest BCUT2D eigenvalue weighted by Gasteiger charge is 2.40. The van der Waals surface area contributed by atoms with Crippen LogP contribution in [0, 0.1) is 5.92 Å². The van der Waals surface area contributed by atoms with Crippen LogP contribution in [0.2, 0.25) is 5.02 Å². The predicted molar refractivity (Wildman–Crippen MR) is 143 cm³/mol. The van der Waals surface area contributed by atoms with Crippen LogP contribution in [0.25, 0.3) is 5.70 Å². The van der Waals surface area contributed by atoms with E-state index in [1.54, 1.807) is 24.3 Å². The fourth-order valence-electron chi connectivity index (χ4n) is 4.64. The average molecular weight is 514 g/mol. The maximum absolute atomic E-state index is 14.0. The van der Waals surface area contributed by atoms with E-state index in [1.807, 2.05) is 84.9 Å². The summed E-state index contributed by atoms with van der Waals surface area (Å²) in [7, 11) is -3.98. The standard InChI is InChI=1S/C30H24ClNO3S/c31-25-16-18-26(19-17-25)36(34,35)32-21-28(30(33)24-14-8-3-9-15-24)27(22-10-4-1-5-11-22)20-29(32)23-12-6-2-7-13-23/h1-20,27-28H,21H2. The summed E-state index contributed by atoms with van der Waals surface area (Å²) >= 11 is 6.03. The second-order valence-corrected chi connectivity index (χ2v) is 11.0. The zero-order chi connectivity index (χ0) is 25.1. The molecule has 1 heterocycles. The Morgan fingerprint density at radius 1 is 0.750 bits per heavy atom. The average Bonchev–Trinajstić information content (AvgIpc) is 2.93. The first-order valence-corrected chi connectivity index (χ1v) is 13.5. The van der Waals surface area contributed by atoms with Crippen molar-refractivity contribution in [2.45, 2.75) is 10.8 Å². The normalized spacial score (nSPS) is 17.9. The van der Waals surface area contributed by atoms with Gasteiger partial charge in [0.1, 0.15) is 0 Å². The van der Waals surface area contributed by atoms with Crippen molar-refractivity contribution >= 4 is 33.1 Å². The van der Waals surface area contributed by atoms with Gasteiger partial charge in [-0.25, -0.2) is 8.42 Å². The van der Waals surface area contributed by atoms with Gasteiger partial charge in [0.2, 0.25) is 0 Å². The number of ketones is 1. The van der Waals surface area contributed by atoms with Crippen LogP contribution in [0.1, 0.15) is 27.4 Å². The lowest BCUT2D eigenvalue weighted by Gasteiger charge is -2.38. The molecule has 0 radical (unpaired) electrons. The molecule has 4 aromatic carbocycles. The molecule has 0 N–H and O–H groups in total. The minimum Gasteiger partial charge on any atom is -0.294 e. The zero-order valence-corrected chi connectivity index (χ0v) is 20.9. The van der Waals surface area contributed by atoms with Gasteiger partial charge in [-0.15, -0.1) is 0 Å². The van der Waals surface area contributed by atoms with Crippen molar-refractivity contribution < 1.29 is 13.2 Å². The molecule has 4 aromatic rings. The Hall–Kier alpha value is -3.67. The quantitative estimate of drug-likeness (QED) is 0.271. The summed E-state index contributed by atoms with van der Waals surface area (Å²) in [6.07, 6.45) is 1.92. The second kappa shape index (κ2) is 10.1. The molecule has 0 amide bonds. The first-order chi connectivity index (χ1) is 17.4. The highest BCUT2D eigenvalue weighted by molar-refractivity contribution is 7.89. The fraction of sp³-hybridized carbons (Fsp3) is 0.100. The van der Waals surface area contributed by atoms with Crippen molar-refractivity contribution in [1.82, 2.24) is 4.31 Å². The van der Waals surface area contributed by atoms with Crippen molar-refractivity contribution in [3.05, 3.63) is 143 Å². The number of nitrogens with zero attached hydrogens (tertiary/aromatic N) is 1. The van der Waals surface area contributed by atoms with Gasteiger partial charge in [-0.3, -0.25) is 9.10 Å². The van der Waals surface area contributed by atoms with Crippen molar-refractivity contribution in [2.24, 2.45) is 5.92 Å². The van der Waals surface area contributed by atoms with E-state index in [-0.39, 0.29) is 23.1 Å². The number of benzene rings is 4. The Kier molecular flexibility index (Phi) is 6.77. The lowest BCUT2D eigenvalue weighted by molar-refractivity contribution is 0.0896. The smallest absolute Gasteiger partial charge is 0.264 e. The second-order valence-electron chi connectivity index (χ2n) is 8.68. The van der Waals surface area contributed by atoms with Crippen LogP contribution in [0.3, 0.4) is 0 Å². The first kappa shape index (κ1) is 24.0. The molecule has 180 valence electrons. The van der Waals surface area contributed by atoms with Crippen LogP contribution in [0.15, 0.2) is 126 Å². The van der Waals surface area contributed by atoms with E-state index in [0.717, 1.165) is 11.1 Å².